The maximum absolute atomic E-state index is 11.3. The Bertz CT molecular complexity index is 179. The highest BCUT2D eigenvalue weighted by Crippen LogP contribution is 2.00. The van der Waals surface area contributed by atoms with Crippen molar-refractivity contribution in [2.45, 2.75) is 38.6 Å². The number of amides is 1. The van der Waals surface area contributed by atoms with Crippen LogP contribution >= 0.6 is 0 Å². The Labute approximate surface area is 92.2 Å². The minimum atomic E-state index is 0.160. The van der Waals surface area contributed by atoms with Gasteiger partial charge in [-0.2, -0.15) is 0 Å². The van der Waals surface area contributed by atoms with E-state index in [-0.39, 0.29) is 5.91 Å². The van der Waals surface area contributed by atoms with Crippen LogP contribution in [0.3, 0.4) is 0 Å². The molecule has 1 fully saturated rings. The second kappa shape index (κ2) is 7.65. The van der Waals surface area contributed by atoms with Gasteiger partial charge in [0.05, 0.1) is 0 Å². The van der Waals surface area contributed by atoms with Crippen LogP contribution in [0, 0.1) is 0 Å². The summed E-state index contributed by atoms with van der Waals surface area (Å²) < 4.78 is 0. The molecule has 1 saturated heterocycles. The normalized spacial score (nSPS) is 21.3. The molecule has 0 aromatic carbocycles. The van der Waals surface area contributed by atoms with Crippen LogP contribution in [-0.2, 0) is 4.79 Å². The summed E-state index contributed by atoms with van der Waals surface area (Å²) in [5.41, 5.74) is 0. The molecule has 0 aromatic heterocycles. The van der Waals surface area contributed by atoms with Crippen molar-refractivity contribution in [3.05, 3.63) is 0 Å². The summed E-state index contributed by atoms with van der Waals surface area (Å²) in [6, 6.07) is 0.553. The Balaban J connectivity index is 1.97. The monoisotopic (exact) mass is 213 g/mol. The molecule has 0 aliphatic carbocycles. The first-order chi connectivity index (χ1) is 7.33. The fourth-order valence-corrected chi connectivity index (χ4v) is 1.77. The summed E-state index contributed by atoms with van der Waals surface area (Å²) in [6.07, 6.45) is 4.06. The van der Waals surface area contributed by atoms with Gasteiger partial charge in [0.2, 0.25) is 5.91 Å². The van der Waals surface area contributed by atoms with E-state index < -0.39 is 0 Å². The molecule has 1 amide bonds. The molecule has 4 heteroatoms. The van der Waals surface area contributed by atoms with Crippen LogP contribution < -0.4 is 16.0 Å². The third kappa shape index (κ3) is 5.74. The van der Waals surface area contributed by atoms with Crippen molar-refractivity contribution in [1.29, 1.82) is 0 Å². The van der Waals surface area contributed by atoms with Crippen LogP contribution in [0.5, 0.6) is 0 Å². The Morgan fingerprint density at radius 2 is 2.33 bits per heavy atom. The minimum absolute atomic E-state index is 0.160. The number of hydrogen-bond acceptors (Lipinski definition) is 3. The van der Waals surface area contributed by atoms with Crippen LogP contribution in [0.15, 0.2) is 0 Å². The summed E-state index contributed by atoms with van der Waals surface area (Å²) in [5.74, 6) is 0.160. The fourth-order valence-electron chi connectivity index (χ4n) is 1.77. The fraction of sp³-hybridized carbons (Fsp3) is 0.909. The van der Waals surface area contributed by atoms with Gasteiger partial charge in [0.1, 0.15) is 0 Å². The van der Waals surface area contributed by atoms with Crippen molar-refractivity contribution >= 4 is 5.91 Å². The van der Waals surface area contributed by atoms with Gasteiger partial charge >= 0.3 is 0 Å². The molecule has 1 rings (SSSR count). The van der Waals surface area contributed by atoms with Gasteiger partial charge in [0.15, 0.2) is 0 Å². The molecule has 0 bridgehead atoms. The van der Waals surface area contributed by atoms with Crippen LogP contribution in [0.25, 0.3) is 0 Å². The summed E-state index contributed by atoms with van der Waals surface area (Å²) in [7, 11) is 0. The Hall–Kier alpha value is -0.610. The van der Waals surface area contributed by atoms with E-state index in [9.17, 15) is 4.79 Å². The maximum atomic E-state index is 11.3. The number of carbonyl (C=O) groups excluding carboxylic acids is 1. The smallest absolute Gasteiger partial charge is 0.221 e. The van der Waals surface area contributed by atoms with E-state index in [4.69, 9.17) is 0 Å². The zero-order valence-corrected chi connectivity index (χ0v) is 9.64. The lowest BCUT2D eigenvalue weighted by atomic mass is 10.1. The molecular formula is C11H23N3O. The summed E-state index contributed by atoms with van der Waals surface area (Å²) in [6.45, 7) is 5.82. The van der Waals surface area contributed by atoms with Gasteiger partial charge in [-0.1, -0.05) is 6.92 Å². The Morgan fingerprint density at radius 3 is 3.00 bits per heavy atom. The second-order valence-electron chi connectivity index (χ2n) is 4.10. The molecular weight excluding hydrogens is 190 g/mol. The van der Waals surface area contributed by atoms with E-state index >= 15 is 0 Å². The van der Waals surface area contributed by atoms with Gasteiger partial charge in [-0.25, -0.2) is 0 Å². The Kier molecular flexibility index (Phi) is 6.36. The van der Waals surface area contributed by atoms with Crippen LogP contribution in [0.1, 0.15) is 32.6 Å². The van der Waals surface area contributed by atoms with Gasteiger partial charge in [0.25, 0.3) is 0 Å². The van der Waals surface area contributed by atoms with Crippen molar-refractivity contribution in [1.82, 2.24) is 16.0 Å². The molecule has 0 radical (unpaired) electrons. The topological polar surface area (TPSA) is 53.2 Å². The van der Waals surface area contributed by atoms with Crippen molar-refractivity contribution < 1.29 is 4.79 Å². The summed E-state index contributed by atoms with van der Waals surface area (Å²) in [5, 5.41) is 9.63. The highest BCUT2D eigenvalue weighted by atomic mass is 16.1. The first kappa shape index (κ1) is 12.5. The number of nitrogens with one attached hydrogen (secondary N) is 3. The quantitative estimate of drug-likeness (QED) is 0.592. The van der Waals surface area contributed by atoms with E-state index in [2.05, 4.69) is 22.9 Å². The number of rotatable bonds is 6. The molecule has 1 aliphatic heterocycles. The molecule has 0 saturated carbocycles. The highest BCUT2D eigenvalue weighted by Gasteiger charge is 2.11. The standard InChI is InChI=1S/C11H23N3O/c1-2-6-14-11(15)5-8-13-10-4-3-7-12-9-10/h10,12-13H,2-9H2,1H3,(H,14,15). The first-order valence-corrected chi connectivity index (χ1v) is 6.03. The second-order valence-corrected chi connectivity index (χ2v) is 4.10. The van der Waals surface area contributed by atoms with Crippen molar-refractivity contribution in [2.24, 2.45) is 0 Å². The SMILES string of the molecule is CCCNC(=O)CCNC1CCCNC1. The van der Waals surface area contributed by atoms with Crippen LogP contribution in [-0.4, -0.2) is 38.1 Å². The molecule has 1 heterocycles. The third-order valence-corrected chi connectivity index (χ3v) is 2.65. The number of carbonyl (C=O) groups is 1. The van der Waals surface area contributed by atoms with E-state index in [0.29, 0.717) is 12.5 Å². The number of hydrogen-bond donors (Lipinski definition) is 3. The van der Waals surface area contributed by atoms with Gasteiger partial charge in [-0.15, -0.1) is 0 Å². The average molecular weight is 213 g/mol. The molecule has 3 N–H and O–H groups in total. The Morgan fingerprint density at radius 1 is 1.47 bits per heavy atom. The molecule has 1 atom stereocenters. The van der Waals surface area contributed by atoms with Crippen LogP contribution in [0.2, 0.25) is 0 Å². The molecule has 15 heavy (non-hydrogen) atoms. The lowest BCUT2D eigenvalue weighted by Gasteiger charge is -2.23. The van der Waals surface area contributed by atoms with E-state index in [0.717, 1.165) is 32.6 Å². The predicted molar refractivity (Wildman–Crippen MR) is 61.8 cm³/mol. The molecule has 88 valence electrons. The maximum Gasteiger partial charge on any atom is 0.221 e. The molecule has 1 aliphatic rings. The lowest BCUT2D eigenvalue weighted by molar-refractivity contribution is -0.121. The van der Waals surface area contributed by atoms with E-state index in [1.165, 1.54) is 12.8 Å². The molecule has 4 nitrogen and oxygen atoms in total. The molecule has 0 aromatic rings. The lowest BCUT2D eigenvalue weighted by Crippen LogP contribution is -2.44. The van der Waals surface area contributed by atoms with Crippen molar-refractivity contribution in [3.63, 3.8) is 0 Å². The van der Waals surface area contributed by atoms with Gasteiger partial charge < -0.3 is 16.0 Å². The van der Waals surface area contributed by atoms with Gasteiger partial charge in [-0.3, -0.25) is 4.79 Å². The predicted octanol–water partition coefficient (Wildman–Crippen LogP) is 0.244. The van der Waals surface area contributed by atoms with E-state index in [1.54, 1.807) is 0 Å². The largest absolute Gasteiger partial charge is 0.356 e. The zero-order chi connectivity index (χ0) is 10.9. The average Bonchev–Trinajstić information content (AvgIpc) is 2.28. The van der Waals surface area contributed by atoms with Crippen LogP contribution in [0.4, 0.5) is 0 Å². The van der Waals surface area contributed by atoms with E-state index in [1.807, 2.05) is 0 Å². The highest BCUT2D eigenvalue weighted by molar-refractivity contribution is 5.75. The summed E-state index contributed by atoms with van der Waals surface area (Å²) >= 11 is 0. The zero-order valence-electron chi connectivity index (χ0n) is 9.64. The van der Waals surface area contributed by atoms with Gasteiger partial charge in [0, 0.05) is 32.1 Å². The van der Waals surface area contributed by atoms with Crippen molar-refractivity contribution in [3.8, 4) is 0 Å². The number of piperidine rings is 1. The molecule has 0 spiro atoms. The molecule has 1 unspecified atom stereocenters. The minimum Gasteiger partial charge on any atom is -0.356 e. The first-order valence-electron chi connectivity index (χ1n) is 6.03. The third-order valence-electron chi connectivity index (χ3n) is 2.65. The summed E-state index contributed by atoms with van der Waals surface area (Å²) in [4.78, 5) is 11.3. The van der Waals surface area contributed by atoms with Crippen molar-refractivity contribution in [2.75, 3.05) is 26.2 Å². The van der Waals surface area contributed by atoms with Gasteiger partial charge in [-0.05, 0) is 25.8 Å².